The molecule has 3 aromatic rings. The molecule has 0 aliphatic heterocycles. The second-order valence-electron chi connectivity index (χ2n) is 6.74. The highest BCUT2D eigenvalue weighted by Gasteiger charge is 2.12. The molecule has 0 spiro atoms. The third-order valence-corrected chi connectivity index (χ3v) is 4.50. The second kappa shape index (κ2) is 9.52. The maximum Gasteiger partial charge on any atom is 0.255 e. The van der Waals surface area contributed by atoms with E-state index in [0.29, 0.717) is 34.6 Å². The number of hydrogen-bond acceptors (Lipinski definition) is 3. The van der Waals surface area contributed by atoms with Crippen LogP contribution in [0, 0.1) is 6.92 Å². The van der Waals surface area contributed by atoms with E-state index in [0.717, 1.165) is 5.56 Å². The van der Waals surface area contributed by atoms with Crippen molar-refractivity contribution in [2.45, 2.75) is 13.8 Å². The molecule has 3 amide bonds. The van der Waals surface area contributed by atoms with Gasteiger partial charge in [0.15, 0.2) is 0 Å². The summed E-state index contributed by atoms with van der Waals surface area (Å²) < 4.78 is 0. The summed E-state index contributed by atoms with van der Waals surface area (Å²) in [5.41, 5.74) is 3.32. The van der Waals surface area contributed by atoms with Gasteiger partial charge in [-0.2, -0.15) is 0 Å². The van der Waals surface area contributed by atoms with Crippen LogP contribution in [-0.4, -0.2) is 24.3 Å². The Bertz CT molecular complexity index is 1080. The standard InChI is InChI=1S/C24H23N3O3/c1-3-25-22(28)18-10-7-11-20(14-18)26-24(30)19-13-12-16(2)21(15-19)27-23(29)17-8-5-4-6-9-17/h4-15H,3H2,1-2H3,(H,25,28)(H,26,30)(H,27,29). The number of nitrogens with one attached hydrogen (secondary N) is 3. The molecule has 0 atom stereocenters. The van der Waals surface area contributed by atoms with Gasteiger partial charge in [0.25, 0.3) is 17.7 Å². The zero-order chi connectivity index (χ0) is 21.5. The summed E-state index contributed by atoms with van der Waals surface area (Å²) in [6, 6.07) is 20.7. The third kappa shape index (κ3) is 5.11. The van der Waals surface area contributed by atoms with E-state index in [-0.39, 0.29) is 17.7 Å². The van der Waals surface area contributed by atoms with Crippen molar-refractivity contribution in [1.82, 2.24) is 5.32 Å². The van der Waals surface area contributed by atoms with Crippen molar-refractivity contribution in [2.75, 3.05) is 17.2 Å². The van der Waals surface area contributed by atoms with Gasteiger partial charge >= 0.3 is 0 Å². The minimum atomic E-state index is -0.335. The van der Waals surface area contributed by atoms with Crippen LogP contribution in [0.25, 0.3) is 0 Å². The number of rotatable bonds is 6. The van der Waals surface area contributed by atoms with Gasteiger partial charge in [0, 0.05) is 34.6 Å². The van der Waals surface area contributed by atoms with Gasteiger partial charge in [0.2, 0.25) is 0 Å². The smallest absolute Gasteiger partial charge is 0.255 e. The van der Waals surface area contributed by atoms with Crippen LogP contribution >= 0.6 is 0 Å². The number of hydrogen-bond donors (Lipinski definition) is 3. The number of aryl methyl sites for hydroxylation is 1. The van der Waals surface area contributed by atoms with Crippen molar-refractivity contribution < 1.29 is 14.4 Å². The second-order valence-corrected chi connectivity index (χ2v) is 6.74. The van der Waals surface area contributed by atoms with Gasteiger partial charge in [-0.05, 0) is 61.9 Å². The highest BCUT2D eigenvalue weighted by molar-refractivity contribution is 6.08. The molecule has 3 rings (SSSR count). The van der Waals surface area contributed by atoms with Crippen LogP contribution in [-0.2, 0) is 0 Å². The highest BCUT2D eigenvalue weighted by Crippen LogP contribution is 2.20. The summed E-state index contributed by atoms with van der Waals surface area (Å²) >= 11 is 0. The Balaban J connectivity index is 1.76. The van der Waals surface area contributed by atoms with E-state index in [1.165, 1.54) is 0 Å². The summed E-state index contributed by atoms with van der Waals surface area (Å²) in [6.45, 7) is 4.23. The monoisotopic (exact) mass is 401 g/mol. The molecule has 3 N–H and O–H groups in total. The summed E-state index contributed by atoms with van der Waals surface area (Å²) in [6.07, 6.45) is 0. The topological polar surface area (TPSA) is 87.3 Å². The quantitative estimate of drug-likeness (QED) is 0.577. The lowest BCUT2D eigenvalue weighted by molar-refractivity contribution is 0.0953. The van der Waals surface area contributed by atoms with Gasteiger partial charge in [-0.3, -0.25) is 14.4 Å². The molecular weight excluding hydrogens is 378 g/mol. The average Bonchev–Trinajstić information content (AvgIpc) is 2.76. The van der Waals surface area contributed by atoms with Crippen LogP contribution < -0.4 is 16.0 Å². The largest absolute Gasteiger partial charge is 0.352 e. The van der Waals surface area contributed by atoms with E-state index in [9.17, 15) is 14.4 Å². The van der Waals surface area contributed by atoms with Crippen LogP contribution in [0.3, 0.4) is 0 Å². The molecule has 0 aromatic heterocycles. The van der Waals surface area contributed by atoms with E-state index >= 15 is 0 Å². The van der Waals surface area contributed by atoms with Gasteiger partial charge in [0.1, 0.15) is 0 Å². The summed E-state index contributed by atoms with van der Waals surface area (Å²) in [7, 11) is 0. The van der Waals surface area contributed by atoms with E-state index in [1.54, 1.807) is 66.7 Å². The Morgan fingerprint density at radius 3 is 2.10 bits per heavy atom. The van der Waals surface area contributed by atoms with Gasteiger partial charge in [-0.15, -0.1) is 0 Å². The lowest BCUT2D eigenvalue weighted by Gasteiger charge is -2.12. The Labute approximate surface area is 175 Å². The molecule has 30 heavy (non-hydrogen) atoms. The zero-order valence-corrected chi connectivity index (χ0v) is 16.9. The van der Waals surface area contributed by atoms with E-state index in [1.807, 2.05) is 19.9 Å². The molecule has 0 bridgehead atoms. The Morgan fingerprint density at radius 1 is 0.700 bits per heavy atom. The molecule has 6 nitrogen and oxygen atoms in total. The normalized spacial score (nSPS) is 10.2. The molecule has 0 unspecified atom stereocenters. The molecule has 0 heterocycles. The zero-order valence-electron chi connectivity index (χ0n) is 16.9. The van der Waals surface area contributed by atoms with E-state index < -0.39 is 0 Å². The van der Waals surface area contributed by atoms with Crippen LogP contribution in [0.5, 0.6) is 0 Å². The van der Waals surface area contributed by atoms with Crippen molar-refractivity contribution in [3.05, 3.63) is 95.1 Å². The first kappa shape index (κ1) is 20.8. The minimum absolute atomic E-state index is 0.199. The van der Waals surface area contributed by atoms with Crippen molar-refractivity contribution in [3.8, 4) is 0 Å². The first-order valence-electron chi connectivity index (χ1n) is 9.64. The number of benzene rings is 3. The molecule has 0 fully saturated rings. The Morgan fingerprint density at radius 2 is 1.37 bits per heavy atom. The molecular formula is C24H23N3O3. The molecule has 0 aliphatic carbocycles. The maximum atomic E-state index is 12.7. The van der Waals surface area contributed by atoms with E-state index in [4.69, 9.17) is 0 Å². The first-order chi connectivity index (χ1) is 14.5. The predicted molar refractivity (Wildman–Crippen MR) is 118 cm³/mol. The van der Waals surface area contributed by atoms with Gasteiger partial charge < -0.3 is 16.0 Å². The maximum absolute atomic E-state index is 12.7. The van der Waals surface area contributed by atoms with Crippen molar-refractivity contribution in [1.29, 1.82) is 0 Å². The Hall–Kier alpha value is -3.93. The van der Waals surface area contributed by atoms with Gasteiger partial charge in [0.05, 0.1) is 0 Å². The van der Waals surface area contributed by atoms with Crippen LogP contribution in [0.2, 0.25) is 0 Å². The molecule has 0 saturated carbocycles. The molecule has 0 aliphatic rings. The Kier molecular flexibility index (Phi) is 6.60. The number of anilines is 2. The minimum Gasteiger partial charge on any atom is -0.352 e. The first-order valence-corrected chi connectivity index (χ1v) is 9.64. The van der Waals surface area contributed by atoms with Gasteiger partial charge in [-0.25, -0.2) is 0 Å². The van der Waals surface area contributed by atoms with Crippen LogP contribution in [0.4, 0.5) is 11.4 Å². The lowest BCUT2D eigenvalue weighted by atomic mass is 10.1. The van der Waals surface area contributed by atoms with Crippen LogP contribution in [0.15, 0.2) is 72.8 Å². The fourth-order valence-corrected chi connectivity index (χ4v) is 2.89. The lowest BCUT2D eigenvalue weighted by Crippen LogP contribution is -2.22. The fraction of sp³-hybridized carbons (Fsp3) is 0.125. The summed E-state index contributed by atoms with van der Waals surface area (Å²) in [5, 5.41) is 8.38. The third-order valence-electron chi connectivity index (χ3n) is 4.50. The number of carbonyl (C=O) groups is 3. The van der Waals surface area contributed by atoms with Gasteiger partial charge in [-0.1, -0.05) is 30.3 Å². The molecule has 6 heteroatoms. The molecule has 0 saturated heterocycles. The van der Waals surface area contributed by atoms with Crippen LogP contribution in [0.1, 0.15) is 43.6 Å². The fourth-order valence-electron chi connectivity index (χ4n) is 2.89. The average molecular weight is 401 g/mol. The SMILES string of the molecule is CCNC(=O)c1cccc(NC(=O)c2ccc(C)c(NC(=O)c3ccccc3)c2)c1. The van der Waals surface area contributed by atoms with Crippen molar-refractivity contribution >= 4 is 29.1 Å². The predicted octanol–water partition coefficient (Wildman–Crippen LogP) is 4.25. The van der Waals surface area contributed by atoms with Crippen molar-refractivity contribution in [2.24, 2.45) is 0 Å². The number of carbonyl (C=O) groups excluding carboxylic acids is 3. The van der Waals surface area contributed by atoms with Crippen molar-refractivity contribution in [3.63, 3.8) is 0 Å². The summed E-state index contributed by atoms with van der Waals surface area (Å²) in [5.74, 6) is -0.779. The summed E-state index contributed by atoms with van der Waals surface area (Å²) in [4.78, 5) is 37.1. The molecule has 3 aromatic carbocycles. The molecule has 152 valence electrons. The number of amides is 3. The molecule has 0 radical (unpaired) electrons. The highest BCUT2D eigenvalue weighted by atomic mass is 16.2. The van der Waals surface area contributed by atoms with E-state index in [2.05, 4.69) is 16.0 Å².